The average Bonchev–Trinajstić information content (AvgIpc) is 2.84. The Morgan fingerprint density at radius 2 is 1.95 bits per heavy atom. The first-order valence-corrected chi connectivity index (χ1v) is 6.79. The molecule has 0 aromatic heterocycles. The van der Waals surface area contributed by atoms with E-state index in [1.54, 1.807) is 0 Å². The zero-order valence-corrected chi connectivity index (χ0v) is 11.1. The number of hydrogen-bond acceptors (Lipinski definition) is 3. The molecule has 7 heteroatoms. The summed E-state index contributed by atoms with van der Waals surface area (Å²) in [6, 6.07) is 5.37. The summed E-state index contributed by atoms with van der Waals surface area (Å²) in [7, 11) is 0. The van der Waals surface area contributed by atoms with Gasteiger partial charge in [-0.2, -0.15) is 0 Å². The number of rotatable bonds is 4. The van der Waals surface area contributed by atoms with Crippen molar-refractivity contribution in [3.8, 4) is 5.75 Å². The molecule has 1 aliphatic heterocycles. The zero-order chi connectivity index (χ0) is 15.0. The van der Waals surface area contributed by atoms with E-state index in [-0.39, 0.29) is 5.56 Å². The molecule has 0 radical (unpaired) electrons. The number of para-hydroxylation sites is 1. The third-order valence-corrected chi connectivity index (χ3v) is 4.12. The van der Waals surface area contributed by atoms with E-state index < -0.39 is 18.0 Å². The summed E-state index contributed by atoms with van der Waals surface area (Å²) >= 11 is 0. The number of amides is 1. The van der Waals surface area contributed by atoms with Gasteiger partial charge in [-0.15, -0.1) is 13.2 Å². The molecule has 1 aromatic carbocycles. The SMILES string of the molecule is O=C(NCC1C2CNCC21)c1ccccc1OC(F)(F)F. The van der Waals surface area contributed by atoms with Crippen LogP contribution in [-0.4, -0.2) is 31.9 Å². The minimum absolute atomic E-state index is 0.0984. The monoisotopic (exact) mass is 300 g/mol. The van der Waals surface area contributed by atoms with Gasteiger partial charge in [0.1, 0.15) is 5.75 Å². The van der Waals surface area contributed by atoms with E-state index in [1.165, 1.54) is 18.2 Å². The highest BCUT2D eigenvalue weighted by molar-refractivity contribution is 5.96. The second kappa shape index (κ2) is 5.22. The number of carbonyl (C=O) groups excluding carboxylic acids is 1. The van der Waals surface area contributed by atoms with Crippen LogP contribution in [0.3, 0.4) is 0 Å². The first-order chi connectivity index (χ1) is 9.96. The smallest absolute Gasteiger partial charge is 0.405 e. The van der Waals surface area contributed by atoms with Crippen molar-refractivity contribution in [2.24, 2.45) is 17.8 Å². The Labute approximate surface area is 119 Å². The Balaban J connectivity index is 1.61. The van der Waals surface area contributed by atoms with Crippen molar-refractivity contribution in [3.63, 3.8) is 0 Å². The van der Waals surface area contributed by atoms with Crippen LogP contribution in [-0.2, 0) is 0 Å². The summed E-state index contributed by atoms with van der Waals surface area (Å²) in [4.78, 5) is 12.0. The summed E-state index contributed by atoms with van der Waals surface area (Å²) in [5.74, 6) is 0.609. The molecule has 2 fully saturated rings. The van der Waals surface area contributed by atoms with Crippen molar-refractivity contribution in [1.82, 2.24) is 10.6 Å². The van der Waals surface area contributed by atoms with Gasteiger partial charge in [-0.05, 0) is 43.0 Å². The lowest BCUT2D eigenvalue weighted by Crippen LogP contribution is -2.29. The summed E-state index contributed by atoms with van der Waals surface area (Å²) in [6.45, 7) is 2.41. The number of alkyl halides is 3. The first kappa shape index (κ1) is 14.2. The van der Waals surface area contributed by atoms with Crippen molar-refractivity contribution < 1.29 is 22.7 Å². The molecule has 2 N–H and O–H groups in total. The van der Waals surface area contributed by atoms with Crippen LogP contribution in [0.15, 0.2) is 24.3 Å². The van der Waals surface area contributed by atoms with Crippen LogP contribution in [0.4, 0.5) is 13.2 Å². The van der Waals surface area contributed by atoms with Crippen molar-refractivity contribution in [2.75, 3.05) is 19.6 Å². The van der Waals surface area contributed by atoms with Gasteiger partial charge in [0.05, 0.1) is 5.56 Å². The average molecular weight is 300 g/mol. The summed E-state index contributed by atoms with van der Waals surface area (Å²) in [6.07, 6.45) is -4.81. The molecule has 2 atom stereocenters. The summed E-state index contributed by atoms with van der Waals surface area (Å²) in [5, 5.41) is 5.95. The first-order valence-electron chi connectivity index (χ1n) is 6.79. The molecule has 1 saturated carbocycles. The number of fused-ring (bicyclic) bond motifs is 1. The maximum atomic E-state index is 12.3. The van der Waals surface area contributed by atoms with Gasteiger partial charge in [0.2, 0.25) is 0 Å². The van der Waals surface area contributed by atoms with Crippen LogP contribution in [0.1, 0.15) is 10.4 Å². The quantitative estimate of drug-likeness (QED) is 0.891. The fourth-order valence-electron chi connectivity index (χ4n) is 3.02. The standard InChI is InChI=1S/C14H15F3N2O2/c15-14(16,17)21-12-4-2-1-3-8(12)13(20)19-7-11-9-5-18-6-10(9)11/h1-4,9-11,18H,5-7H2,(H,19,20). The molecule has 3 rings (SSSR count). The number of piperidine rings is 1. The van der Waals surface area contributed by atoms with Crippen LogP contribution >= 0.6 is 0 Å². The van der Waals surface area contributed by atoms with Crippen LogP contribution in [0.25, 0.3) is 0 Å². The molecule has 1 heterocycles. The van der Waals surface area contributed by atoms with Gasteiger partial charge in [0.15, 0.2) is 0 Å². The maximum Gasteiger partial charge on any atom is 0.573 e. The highest BCUT2D eigenvalue weighted by Crippen LogP contribution is 2.48. The summed E-state index contributed by atoms with van der Waals surface area (Å²) < 4.78 is 40.8. The molecular weight excluding hydrogens is 285 g/mol. The van der Waals surface area contributed by atoms with Crippen LogP contribution in [0.5, 0.6) is 5.75 Å². The highest BCUT2D eigenvalue weighted by atomic mass is 19.4. The molecule has 2 unspecified atom stereocenters. The lowest BCUT2D eigenvalue weighted by Gasteiger charge is -2.13. The summed E-state index contributed by atoms with van der Waals surface area (Å²) in [5.41, 5.74) is -0.0984. The Morgan fingerprint density at radius 1 is 1.29 bits per heavy atom. The third kappa shape index (κ3) is 3.12. The van der Waals surface area contributed by atoms with Crippen molar-refractivity contribution >= 4 is 5.91 Å². The van der Waals surface area contributed by atoms with Gasteiger partial charge in [-0.3, -0.25) is 4.79 Å². The van der Waals surface area contributed by atoms with Gasteiger partial charge in [-0.1, -0.05) is 12.1 Å². The molecule has 114 valence electrons. The number of ether oxygens (including phenoxy) is 1. The minimum Gasteiger partial charge on any atom is -0.405 e. The van der Waals surface area contributed by atoms with E-state index in [2.05, 4.69) is 15.4 Å². The molecule has 1 aliphatic carbocycles. The zero-order valence-electron chi connectivity index (χ0n) is 11.1. The number of benzene rings is 1. The predicted molar refractivity (Wildman–Crippen MR) is 68.8 cm³/mol. The number of hydrogen-bond donors (Lipinski definition) is 2. The Morgan fingerprint density at radius 3 is 2.62 bits per heavy atom. The van der Waals surface area contributed by atoms with E-state index in [0.29, 0.717) is 24.3 Å². The third-order valence-electron chi connectivity index (χ3n) is 4.12. The fraction of sp³-hybridized carbons (Fsp3) is 0.500. The molecule has 4 nitrogen and oxygen atoms in total. The molecule has 1 amide bonds. The number of halogens is 3. The second-order valence-electron chi connectivity index (χ2n) is 5.40. The van der Waals surface area contributed by atoms with E-state index in [1.807, 2.05) is 0 Å². The van der Waals surface area contributed by atoms with Crippen LogP contribution in [0, 0.1) is 17.8 Å². The predicted octanol–water partition coefficient (Wildman–Crippen LogP) is 1.78. The molecular formula is C14H15F3N2O2. The minimum atomic E-state index is -4.81. The molecule has 0 bridgehead atoms. The van der Waals surface area contributed by atoms with Crippen LogP contribution in [0.2, 0.25) is 0 Å². The van der Waals surface area contributed by atoms with Crippen molar-refractivity contribution in [3.05, 3.63) is 29.8 Å². The van der Waals surface area contributed by atoms with Gasteiger partial charge in [0.25, 0.3) is 5.91 Å². The van der Waals surface area contributed by atoms with E-state index in [9.17, 15) is 18.0 Å². The Kier molecular flexibility index (Phi) is 3.52. The lowest BCUT2D eigenvalue weighted by molar-refractivity contribution is -0.274. The maximum absolute atomic E-state index is 12.3. The van der Waals surface area contributed by atoms with E-state index in [4.69, 9.17) is 0 Å². The number of carbonyl (C=O) groups is 1. The molecule has 1 saturated heterocycles. The van der Waals surface area contributed by atoms with Crippen molar-refractivity contribution in [1.29, 1.82) is 0 Å². The lowest BCUT2D eigenvalue weighted by atomic mass is 10.2. The van der Waals surface area contributed by atoms with Crippen molar-refractivity contribution in [2.45, 2.75) is 6.36 Å². The topological polar surface area (TPSA) is 50.4 Å². The Bertz CT molecular complexity index is 537. The van der Waals surface area contributed by atoms with E-state index in [0.717, 1.165) is 19.2 Å². The number of nitrogens with one attached hydrogen (secondary N) is 2. The normalized spacial score (nSPS) is 27.1. The second-order valence-corrected chi connectivity index (χ2v) is 5.40. The van der Waals surface area contributed by atoms with Crippen LogP contribution < -0.4 is 15.4 Å². The Hall–Kier alpha value is -1.76. The highest BCUT2D eigenvalue weighted by Gasteiger charge is 2.52. The molecule has 1 aromatic rings. The van der Waals surface area contributed by atoms with Gasteiger partial charge in [0, 0.05) is 6.54 Å². The molecule has 21 heavy (non-hydrogen) atoms. The molecule has 0 spiro atoms. The fourth-order valence-corrected chi connectivity index (χ4v) is 3.02. The van der Waals surface area contributed by atoms with Gasteiger partial charge < -0.3 is 15.4 Å². The van der Waals surface area contributed by atoms with Gasteiger partial charge >= 0.3 is 6.36 Å². The molecule has 2 aliphatic rings. The van der Waals surface area contributed by atoms with Gasteiger partial charge in [-0.25, -0.2) is 0 Å². The van der Waals surface area contributed by atoms with E-state index >= 15 is 0 Å². The largest absolute Gasteiger partial charge is 0.573 e.